The SMILES string of the molecule is O=C(NC1CCCC1)[C@H](c1ccc(F)cc1)N(C(=O)c1ccc2c(c1)OCCO2)c1ccc(C2CCCCC2)cc1. The van der Waals surface area contributed by atoms with Crippen LogP contribution in [0.5, 0.6) is 11.5 Å². The van der Waals surface area contributed by atoms with Crippen molar-refractivity contribution >= 4 is 17.5 Å². The van der Waals surface area contributed by atoms with Crippen LogP contribution in [0.4, 0.5) is 10.1 Å². The lowest BCUT2D eigenvalue weighted by Crippen LogP contribution is -2.46. The van der Waals surface area contributed by atoms with Crippen LogP contribution in [0.2, 0.25) is 0 Å². The van der Waals surface area contributed by atoms with Crippen molar-refractivity contribution in [3.05, 3.63) is 89.2 Å². The monoisotopic (exact) mass is 556 g/mol. The molecule has 2 fully saturated rings. The fourth-order valence-electron chi connectivity index (χ4n) is 6.46. The normalized spacial score (nSPS) is 18.1. The van der Waals surface area contributed by atoms with Gasteiger partial charge in [0.2, 0.25) is 5.91 Å². The Kier molecular flexibility index (Phi) is 8.21. The summed E-state index contributed by atoms with van der Waals surface area (Å²) in [4.78, 5) is 30.0. The maximum absolute atomic E-state index is 14.4. The van der Waals surface area contributed by atoms with Crippen LogP contribution in [0.3, 0.4) is 0 Å². The van der Waals surface area contributed by atoms with Gasteiger partial charge in [0, 0.05) is 17.3 Å². The minimum atomic E-state index is -0.988. The lowest BCUT2D eigenvalue weighted by Gasteiger charge is -2.33. The van der Waals surface area contributed by atoms with Crippen LogP contribution in [0, 0.1) is 5.82 Å². The van der Waals surface area contributed by atoms with Gasteiger partial charge in [0.05, 0.1) is 0 Å². The summed E-state index contributed by atoms with van der Waals surface area (Å²) in [7, 11) is 0. The molecule has 0 radical (unpaired) electrons. The number of carbonyl (C=O) groups excluding carboxylic acids is 2. The summed E-state index contributed by atoms with van der Waals surface area (Å²) in [6.45, 7) is 0.854. The van der Waals surface area contributed by atoms with Gasteiger partial charge in [-0.25, -0.2) is 4.39 Å². The number of rotatable bonds is 7. The van der Waals surface area contributed by atoms with Crippen LogP contribution >= 0.6 is 0 Å². The number of halogens is 1. The van der Waals surface area contributed by atoms with E-state index in [1.54, 1.807) is 35.2 Å². The fraction of sp³-hybridized carbons (Fsp3) is 0.412. The topological polar surface area (TPSA) is 67.9 Å². The standard InChI is InChI=1S/C34H37FN2O4/c35-27-15-10-25(11-16-27)32(33(38)36-28-8-4-5-9-28)37(29-17-12-24(13-18-29)23-6-2-1-3-7-23)34(39)26-14-19-30-31(22-26)41-21-20-40-30/h10-19,22-23,28,32H,1-9,20-21H2,(H,36,38)/t32-/m0/s1. The molecular weight excluding hydrogens is 519 g/mol. The van der Waals surface area contributed by atoms with Crippen LogP contribution in [0.25, 0.3) is 0 Å². The van der Waals surface area contributed by atoms with E-state index in [9.17, 15) is 14.0 Å². The van der Waals surface area contributed by atoms with E-state index in [2.05, 4.69) is 17.4 Å². The number of amides is 2. The Morgan fingerprint density at radius 2 is 1.44 bits per heavy atom. The molecule has 0 aromatic heterocycles. The number of anilines is 1. The Hall–Kier alpha value is -3.87. The molecule has 41 heavy (non-hydrogen) atoms. The van der Waals surface area contributed by atoms with Gasteiger partial charge in [-0.1, -0.05) is 56.4 Å². The lowest BCUT2D eigenvalue weighted by atomic mass is 9.84. The first-order chi connectivity index (χ1) is 20.1. The predicted octanol–water partition coefficient (Wildman–Crippen LogP) is 7.09. The number of carbonyl (C=O) groups is 2. The molecule has 3 aliphatic rings. The van der Waals surface area contributed by atoms with Gasteiger partial charge in [-0.2, -0.15) is 0 Å². The number of benzene rings is 3. The molecule has 2 amide bonds. The first-order valence-electron chi connectivity index (χ1n) is 15.0. The third-order valence-corrected chi connectivity index (χ3v) is 8.65. The van der Waals surface area contributed by atoms with Crippen molar-refractivity contribution in [3.63, 3.8) is 0 Å². The molecule has 7 heteroatoms. The Morgan fingerprint density at radius 1 is 0.780 bits per heavy atom. The second-order valence-corrected chi connectivity index (χ2v) is 11.4. The zero-order valence-electron chi connectivity index (χ0n) is 23.3. The molecule has 1 atom stereocenters. The summed E-state index contributed by atoms with van der Waals surface area (Å²) in [5.41, 5.74) is 2.80. The highest BCUT2D eigenvalue weighted by Gasteiger charge is 2.35. The van der Waals surface area contributed by atoms with Crippen molar-refractivity contribution in [2.24, 2.45) is 0 Å². The Balaban J connectivity index is 1.41. The Labute approximate surface area is 240 Å². The Morgan fingerprint density at radius 3 is 2.15 bits per heavy atom. The molecule has 0 unspecified atom stereocenters. The van der Waals surface area contributed by atoms with Crippen molar-refractivity contribution in [2.45, 2.75) is 75.8 Å². The third-order valence-electron chi connectivity index (χ3n) is 8.65. The quantitative estimate of drug-likeness (QED) is 0.337. The van der Waals surface area contributed by atoms with Crippen LogP contribution < -0.4 is 19.7 Å². The van der Waals surface area contributed by atoms with Gasteiger partial charge in [0.25, 0.3) is 5.91 Å². The van der Waals surface area contributed by atoms with Crippen LogP contribution in [0.15, 0.2) is 66.7 Å². The first kappa shape index (κ1) is 27.3. The molecule has 1 heterocycles. The predicted molar refractivity (Wildman–Crippen MR) is 156 cm³/mol. The molecule has 1 aliphatic heterocycles. The summed E-state index contributed by atoms with van der Waals surface area (Å²) in [5, 5.41) is 3.19. The molecule has 6 rings (SSSR count). The van der Waals surface area contributed by atoms with Gasteiger partial charge >= 0.3 is 0 Å². The molecule has 1 N–H and O–H groups in total. The summed E-state index contributed by atoms with van der Waals surface area (Å²) in [5.74, 6) is 0.589. The van der Waals surface area contributed by atoms with Crippen LogP contribution in [0.1, 0.15) is 91.2 Å². The van der Waals surface area contributed by atoms with Crippen molar-refractivity contribution < 1.29 is 23.5 Å². The van der Waals surface area contributed by atoms with E-state index in [0.29, 0.717) is 47.4 Å². The van der Waals surface area contributed by atoms with Crippen LogP contribution in [-0.4, -0.2) is 31.1 Å². The smallest absolute Gasteiger partial charge is 0.259 e. The molecule has 0 bridgehead atoms. The molecule has 214 valence electrons. The van der Waals surface area contributed by atoms with Gasteiger partial charge in [-0.15, -0.1) is 0 Å². The number of ether oxygens (including phenoxy) is 2. The Bertz CT molecular complexity index is 1360. The first-order valence-corrected chi connectivity index (χ1v) is 15.0. The van der Waals surface area contributed by atoms with Crippen LogP contribution in [-0.2, 0) is 4.79 Å². The van der Waals surface area contributed by atoms with Gasteiger partial charge in [-0.3, -0.25) is 14.5 Å². The number of hydrogen-bond donors (Lipinski definition) is 1. The van der Waals surface area contributed by atoms with E-state index in [-0.39, 0.29) is 17.9 Å². The average Bonchev–Trinajstić information content (AvgIpc) is 3.53. The number of hydrogen-bond acceptors (Lipinski definition) is 4. The van der Waals surface area contributed by atoms with E-state index in [4.69, 9.17) is 9.47 Å². The number of nitrogens with one attached hydrogen (secondary N) is 1. The van der Waals surface area contributed by atoms with E-state index < -0.39 is 11.9 Å². The average molecular weight is 557 g/mol. The number of fused-ring (bicyclic) bond motifs is 1. The highest BCUT2D eigenvalue weighted by molar-refractivity contribution is 6.10. The minimum absolute atomic E-state index is 0.0605. The molecule has 6 nitrogen and oxygen atoms in total. The molecule has 0 saturated heterocycles. The maximum atomic E-state index is 14.4. The van der Waals surface area contributed by atoms with Gasteiger partial charge in [0.1, 0.15) is 25.1 Å². The van der Waals surface area contributed by atoms with Crippen molar-refractivity contribution in [1.29, 1.82) is 0 Å². The van der Waals surface area contributed by atoms with Crippen molar-refractivity contribution in [2.75, 3.05) is 18.1 Å². The van der Waals surface area contributed by atoms with E-state index >= 15 is 0 Å². The molecule has 2 aliphatic carbocycles. The lowest BCUT2D eigenvalue weighted by molar-refractivity contribution is -0.123. The van der Waals surface area contributed by atoms with Gasteiger partial charge < -0.3 is 14.8 Å². The summed E-state index contributed by atoms with van der Waals surface area (Å²) in [6.07, 6.45) is 10.0. The molecule has 2 saturated carbocycles. The second-order valence-electron chi connectivity index (χ2n) is 11.4. The highest BCUT2D eigenvalue weighted by atomic mass is 19.1. The van der Waals surface area contributed by atoms with Crippen molar-refractivity contribution in [3.8, 4) is 11.5 Å². The van der Waals surface area contributed by atoms with Gasteiger partial charge in [-0.05, 0) is 85.2 Å². The maximum Gasteiger partial charge on any atom is 0.259 e. The molecule has 0 spiro atoms. The summed E-state index contributed by atoms with van der Waals surface area (Å²) < 4.78 is 25.4. The van der Waals surface area contributed by atoms with Gasteiger partial charge in [0.15, 0.2) is 11.5 Å². The second kappa shape index (κ2) is 12.3. The molecule has 3 aromatic rings. The summed E-state index contributed by atoms with van der Waals surface area (Å²) in [6, 6.07) is 18.1. The zero-order valence-corrected chi connectivity index (χ0v) is 23.3. The largest absolute Gasteiger partial charge is 0.486 e. The summed E-state index contributed by atoms with van der Waals surface area (Å²) >= 11 is 0. The van der Waals surface area contributed by atoms with E-state index in [0.717, 1.165) is 25.7 Å². The van der Waals surface area contributed by atoms with E-state index in [1.165, 1.54) is 49.8 Å². The molecular formula is C34H37FN2O4. The zero-order chi connectivity index (χ0) is 28.2. The fourth-order valence-corrected chi connectivity index (χ4v) is 6.46. The minimum Gasteiger partial charge on any atom is -0.486 e. The highest BCUT2D eigenvalue weighted by Crippen LogP contribution is 2.37. The number of nitrogens with zero attached hydrogens (tertiary/aromatic N) is 1. The van der Waals surface area contributed by atoms with Crippen molar-refractivity contribution in [1.82, 2.24) is 5.32 Å². The third kappa shape index (κ3) is 6.09. The van der Waals surface area contributed by atoms with E-state index in [1.807, 2.05) is 12.1 Å². The molecule has 3 aromatic carbocycles.